The van der Waals surface area contributed by atoms with Gasteiger partial charge in [0.1, 0.15) is 5.70 Å². The van der Waals surface area contributed by atoms with E-state index in [1.807, 2.05) is 37.3 Å². The number of aromatic carboxylic acids is 1. The second kappa shape index (κ2) is 13.8. The molecule has 206 valence electrons. The molecule has 3 amide bonds. The fourth-order valence-electron chi connectivity index (χ4n) is 3.78. The van der Waals surface area contributed by atoms with E-state index in [1.165, 1.54) is 23.9 Å². The van der Waals surface area contributed by atoms with Gasteiger partial charge in [0.15, 0.2) is 0 Å². The van der Waals surface area contributed by atoms with Crippen molar-refractivity contribution in [2.75, 3.05) is 16.4 Å². The van der Waals surface area contributed by atoms with Gasteiger partial charge in [0.05, 0.1) is 11.3 Å². The molecule has 0 atom stereocenters. The molecule has 0 aliphatic heterocycles. The first kappa shape index (κ1) is 28.8. The summed E-state index contributed by atoms with van der Waals surface area (Å²) in [5.41, 5.74) is 3.30. The molecule has 0 aliphatic rings. The Hall–Kier alpha value is -5.15. The third-order valence-electron chi connectivity index (χ3n) is 5.76. The molecule has 41 heavy (non-hydrogen) atoms. The molecule has 9 heteroatoms. The number of carbonyl (C=O) groups is 4. The van der Waals surface area contributed by atoms with Crippen LogP contribution in [0.4, 0.5) is 11.4 Å². The summed E-state index contributed by atoms with van der Waals surface area (Å²) < 4.78 is 0. The minimum absolute atomic E-state index is 0.0876. The van der Waals surface area contributed by atoms with Crippen molar-refractivity contribution < 1.29 is 24.3 Å². The Labute approximate surface area is 241 Å². The van der Waals surface area contributed by atoms with Crippen LogP contribution in [-0.2, 0) is 9.59 Å². The lowest BCUT2D eigenvalue weighted by molar-refractivity contribution is -0.114. The fourth-order valence-corrected chi connectivity index (χ4v) is 4.48. The maximum Gasteiger partial charge on any atom is 0.335 e. The largest absolute Gasteiger partial charge is 0.478 e. The van der Waals surface area contributed by atoms with Gasteiger partial charge < -0.3 is 21.1 Å². The molecule has 0 radical (unpaired) electrons. The molecule has 0 fully saturated rings. The quantitative estimate of drug-likeness (QED) is 0.142. The molecule has 0 heterocycles. The number of rotatable bonds is 10. The number of nitrogens with one attached hydrogen (secondary N) is 3. The summed E-state index contributed by atoms with van der Waals surface area (Å²) in [4.78, 5) is 50.3. The molecule has 0 saturated carbocycles. The molecular formula is C32H27N3O5S. The molecule has 4 aromatic rings. The lowest BCUT2D eigenvalue weighted by atomic mass is 10.1. The zero-order chi connectivity index (χ0) is 29.2. The third-order valence-corrected chi connectivity index (χ3v) is 6.77. The Bertz CT molecular complexity index is 1600. The highest BCUT2D eigenvalue weighted by Crippen LogP contribution is 2.21. The van der Waals surface area contributed by atoms with Gasteiger partial charge in [-0.3, -0.25) is 14.4 Å². The summed E-state index contributed by atoms with van der Waals surface area (Å²) >= 11 is 1.29. The van der Waals surface area contributed by atoms with Crippen LogP contribution >= 0.6 is 11.8 Å². The Morgan fingerprint density at radius 3 is 2.17 bits per heavy atom. The first-order valence-electron chi connectivity index (χ1n) is 12.6. The van der Waals surface area contributed by atoms with Crippen LogP contribution in [0.25, 0.3) is 6.08 Å². The summed E-state index contributed by atoms with van der Waals surface area (Å²) in [7, 11) is 0. The van der Waals surface area contributed by atoms with Crippen LogP contribution in [0.5, 0.6) is 0 Å². The van der Waals surface area contributed by atoms with Gasteiger partial charge in [-0.2, -0.15) is 0 Å². The van der Waals surface area contributed by atoms with E-state index in [0.29, 0.717) is 16.9 Å². The smallest absolute Gasteiger partial charge is 0.335 e. The van der Waals surface area contributed by atoms with Gasteiger partial charge >= 0.3 is 5.97 Å². The summed E-state index contributed by atoms with van der Waals surface area (Å²) in [6.45, 7) is 1.94. The van der Waals surface area contributed by atoms with Crippen LogP contribution in [0.2, 0.25) is 0 Å². The highest BCUT2D eigenvalue weighted by atomic mass is 32.2. The zero-order valence-electron chi connectivity index (χ0n) is 22.1. The number of hydrogen-bond donors (Lipinski definition) is 4. The topological polar surface area (TPSA) is 125 Å². The van der Waals surface area contributed by atoms with Gasteiger partial charge in [0.2, 0.25) is 5.91 Å². The van der Waals surface area contributed by atoms with E-state index in [0.717, 1.165) is 16.0 Å². The lowest BCUT2D eigenvalue weighted by Gasteiger charge is -2.12. The van der Waals surface area contributed by atoms with Crippen molar-refractivity contribution in [2.45, 2.75) is 11.8 Å². The molecule has 0 unspecified atom stereocenters. The molecule has 4 N–H and O–H groups in total. The summed E-state index contributed by atoms with van der Waals surface area (Å²) in [5.74, 6) is -2.13. The Kier molecular flexibility index (Phi) is 9.69. The van der Waals surface area contributed by atoms with Crippen molar-refractivity contribution >= 4 is 52.9 Å². The lowest BCUT2D eigenvalue weighted by Crippen LogP contribution is -2.30. The summed E-state index contributed by atoms with van der Waals surface area (Å²) in [5, 5.41) is 17.3. The Morgan fingerprint density at radius 2 is 1.46 bits per heavy atom. The molecule has 0 aliphatic carbocycles. The van der Waals surface area contributed by atoms with Crippen molar-refractivity contribution in [3.63, 3.8) is 0 Å². The van der Waals surface area contributed by atoms with Gasteiger partial charge in [-0.05, 0) is 73.2 Å². The SMILES string of the molecule is Cc1cccc(/C=C(\NC(=O)c2ccccc2)C(=O)Nc2ccc(SCC(=O)Nc3cccc(C(=O)O)c3)cc2)c1. The van der Waals surface area contributed by atoms with Gasteiger partial charge in [-0.15, -0.1) is 11.8 Å². The average Bonchev–Trinajstić information content (AvgIpc) is 2.97. The van der Waals surface area contributed by atoms with Crippen molar-refractivity contribution in [1.29, 1.82) is 0 Å². The normalized spacial score (nSPS) is 10.9. The molecule has 0 aromatic heterocycles. The first-order valence-corrected chi connectivity index (χ1v) is 13.6. The predicted molar refractivity (Wildman–Crippen MR) is 161 cm³/mol. The monoisotopic (exact) mass is 565 g/mol. The first-order chi connectivity index (χ1) is 19.8. The molecule has 0 bridgehead atoms. The highest BCUT2D eigenvalue weighted by Gasteiger charge is 2.15. The number of thioether (sulfide) groups is 1. The van der Waals surface area contributed by atoms with Gasteiger partial charge in [0.25, 0.3) is 11.8 Å². The van der Waals surface area contributed by atoms with Crippen molar-refractivity contribution in [3.05, 3.63) is 131 Å². The maximum atomic E-state index is 13.2. The van der Waals surface area contributed by atoms with Gasteiger partial charge in [0, 0.05) is 21.8 Å². The summed E-state index contributed by atoms with van der Waals surface area (Å²) in [6.07, 6.45) is 1.62. The molecule has 0 saturated heterocycles. The average molecular weight is 566 g/mol. The zero-order valence-corrected chi connectivity index (χ0v) is 22.9. The van der Waals surface area contributed by atoms with E-state index in [1.54, 1.807) is 66.7 Å². The molecular weight excluding hydrogens is 538 g/mol. The van der Waals surface area contributed by atoms with Crippen LogP contribution in [0.1, 0.15) is 31.8 Å². The predicted octanol–water partition coefficient (Wildman–Crippen LogP) is 5.83. The van der Waals surface area contributed by atoms with Crippen LogP contribution in [0, 0.1) is 6.92 Å². The van der Waals surface area contributed by atoms with Crippen LogP contribution in [-0.4, -0.2) is 34.6 Å². The fraction of sp³-hybridized carbons (Fsp3) is 0.0625. The number of carboxylic acids is 1. The number of carboxylic acid groups (broad SMARTS) is 1. The Morgan fingerprint density at radius 1 is 0.756 bits per heavy atom. The van der Waals surface area contributed by atoms with E-state index in [9.17, 15) is 19.2 Å². The molecule has 4 aromatic carbocycles. The number of anilines is 2. The number of amides is 3. The Balaban J connectivity index is 1.39. The molecule has 4 rings (SSSR count). The van der Waals surface area contributed by atoms with Crippen molar-refractivity contribution in [1.82, 2.24) is 5.32 Å². The van der Waals surface area contributed by atoms with E-state index >= 15 is 0 Å². The van der Waals surface area contributed by atoms with Crippen LogP contribution in [0.15, 0.2) is 114 Å². The van der Waals surface area contributed by atoms with Crippen LogP contribution < -0.4 is 16.0 Å². The molecule has 0 spiro atoms. The number of hydrogen-bond acceptors (Lipinski definition) is 5. The van der Waals surface area contributed by atoms with Gasteiger partial charge in [-0.25, -0.2) is 4.79 Å². The van der Waals surface area contributed by atoms with E-state index in [4.69, 9.17) is 5.11 Å². The second-order valence-electron chi connectivity index (χ2n) is 8.99. The highest BCUT2D eigenvalue weighted by molar-refractivity contribution is 8.00. The maximum absolute atomic E-state index is 13.2. The summed E-state index contributed by atoms with van der Waals surface area (Å²) in [6, 6.07) is 29.2. The van der Waals surface area contributed by atoms with E-state index < -0.39 is 17.8 Å². The number of carbonyl (C=O) groups excluding carboxylic acids is 3. The molecule has 8 nitrogen and oxygen atoms in total. The van der Waals surface area contributed by atoms with E-state index in [-0.39, 0.29) is 22.9 Å². The number of aryl methyl sites for hydroxylation is 1. The van der Waals surface area contributed by atoms with E-state index in [2.05, 4.69) is 16.0 Å². The minimum atomic E-state index is -1.07. The second-order valence-corrected chi connectivity index (χ2v) is 10.0. The van der Waals surface area contributed by atoms with Crippen molar-refractivity contribution in [2.24, 2.45) is 0 Å². The van der Waals surface area contributed by atoms with Crippen molar-refractivity contribution in [3.8, 4) is 0 Å². The minimum Gasteiger partial charge on any atom is -0.478 e. The standard InChI is InChI=1S/C32H27N3O5S/c1-21-7-5-8-22(17-21)18-28(35-30(37)23-9-3-2-4-10-23)31(38)34-25-13-15-27(16-14-25)41-20-29(36)33-26-12-6-11-24(19-26)32(39)40/h2-19H,20H2,1H3,(H,33,36)(H,34,38)(H,35,37)(H,39,40)/b28-18-. The third kappa shape index (κ3) is 8.67. The van der Waals surface area contributed by atoms with Gasteiger partial charge in [-0.1, -0.05) is 54.1 Å². The number of benzene rings is 4. The van der Waals surface area contributed by atoms with Crippen LogP contribution in [0.3, 0.4) is 0 Å².